The van der Waals surface area contributed by atoms with Crippen LogP contribution in [0.4, 0.5) is 5.69 Å². The lowest BCUT2D eigenvalue weighted by molar-refractivity contribution is -0.141. The van der Waals surface area contributed by atoms with Gasteiger partial charge in [-0.25, -0.2) is 0 Å². The highest BCUT2D eigenvalue weighted by Gasteiger charge is 2.21. The second-order valence-corrected chi connectivity index (χ2v) is 4.70. The van der Waals surface area contributed by atoms with Gasteiger partial charge in [0.15, 0.2) is 0 Å². The van der Waals surface area contributed by atoms with E-state index in [-0.39, 0.29) is 24.3 Å². The number of benzene rings is 1. The summed E-state index contributed by atoms with van der Waals surface area (Å²) in [5, 5.41) is 1.01. The van der Waals surface area contributed by atoms with Crippen molar-refractivity contribution in [3.8, 4) is 0 Å². The zero-order valence-corrected chi connectivity index (χ0v) is 11.2. The maximum absolute atomic E-state index is 11.5. The molecular formula is C12H14ClNO2S. The fourth-order valence-corrected chi connectivity index (χ4v) is 2.85. The average molecular weight is 272 g/mol. The lowest BCUT2D eigenvalue weighted by Crippen LogP contribution is -2.10. The number of ether oxygens (including phenoxy) is 1. The van der Waals surface area contributed by atoms with E-state index in [1.165, 1.54) is 7.11 Å². The summed E-state index contributed by atoms with van der Waals surface area (Å²) in [4.78, 5) is 12.4. The van der Waals surface area contributed by atoms with Crippen molar-refractivity contribution in [1.29, 1.82) is 0 Å². The van der Waals surface area contributed by atoms with Crippen LogP contribution in [0.5, 0.6) is 0 Å². The predicted octanol–water partition coefficient (Wildman–Crippen LogP) is 3.18. The summed E-state index contributed by atoms with van der Waals surface area (Å²) >= 11 is 1.55. The number of fused-ring (bicyclic) bond motifs is 1. The molecule has 2 rings (SSSR count). The minimum atomic E-state index is -0.303. The summed E-state index contributed by atoms with van der Waals surface area (Å²) in [6.45, 7) is 1.81. The van der Waals surface area contributed by atoms with Gasteiger partial charge in [-0.1, -0.05) is 18.2 Å². The number of nitrogens with two attached hydrogens (primary N) is 1. The monoisotopic (exact) mass is 271 g/mol. The van der Waals surface area contributed by atoms with E-state index in [2.05, 4.69) is 0 Å². The number of nitrogen functional groups attached to an aromatic ring is 1. The number of rotatable bonds is 2. The molecule has 0 aliphatic carbocycles. The maximum Gasteiger partial charge on any atom is 0.313 e. The molecule has 0 radical (unpaired) electrons. The second-order valence-electron chi connectivity index (χ2n) is 3.62. The molecule has 0 bridgehead atoms. The van der Waals surface area contributed by atoms with Crippen LogP contribution in [0.1, 0.15) is 17.7 Å². The van der Waals surface area contributed by atoms with E-state index in [0.29, 0.717) is 5.69 Å². The van der Waals surface area contributed by atoms with Crippen molar-refractivity contribution in [1.82, 2.24) is 0 Å². The van der Waals surface area contributed by atoms with Crippen molar-refractivity contribution in [3.05, 3.63) is 29.1 Å². The number of carbonyl (C=O) groups excluding carboxylic acids is 1. The van der Waals surface area contributed by atoms with E-state index in [1.54, 1.807) is 11.3 Å². The molecule has 0 saturated carbocycles. The first-order valence-corrected chi connectivity index (χ1v) is 5.81. The molecule has 1 aromatic heterocycles. The number of anilines is 1. The van der Waals surface area contributed by atoms with Gasteiger partial charge in [-0.05, 0) is 13.0 Å². The summed E-state index contributed by atoms with van der Waals surface area (Å²) < 4.78 is 5.83. The molecule has 0 aliphatic rings. The zero-order chi connectivity index (χ0) is 11.7. The van der Waals surface area contributed by atoms with Gasteiger partial charge in [0, 0.05) is 15.0 Å². The standard InChI is InChI=1S/C12H13NO2S.ClH/c1-7(12(14)15-2)11-10(13)8-5-3-4-6-9(8)16-11;/h3-7H,13H2,1-2H3;1H/t7-;/m0./s1. The number of hydrogen-bond donors (Lipinski definition) is 1. The normalized spacial score (nSPS) is 11.9. The van der Waals surface area contributed by atoms with Crippen LogP contribution in [0.3, 0.4) is 0 Å². The van der Waals surface area contributed by atoms with Gasteiger partial charge in [-0.2, -0.15) is 0 Å². The average Bonchev–Trinajstić information content (AvgIpc) is 2.65. The molecule has 0 saturated heterocycles. The first kappa shape index (κ1) is 13.8. The molecule has 0 amide bonds. The third-order valence-corrected chi connectivity index (χ3v) is 3.98. The third kappa shape index (κ3) is 2.37. The predicted molar refractivity (Wildman–Crippen MR) is 73.9 cm³/mol. The highest BCUT2D eigenvalue weighted by atomic mass is 35.5. The Hall–Kier alpha value is -1.26. The van der Waals surface area contributed by atoms with Gasteiger partial charge in [0.25, 0.3) is 0 Å². The molecule has 5 heteroatoms. The van der Waals surface area contributed by atoms with E-state index >= 15 is 0 Å². The van der Waals surface area contributed by atoms with Gasteiger partial charge < -0.3 is 10.5 Å². The van der Waals surface area contributed by atoms with E-state index in [4.69, 9.17) is 10.5 Å². The van der Waals surface area contributed by atoms with Crippen LogP contribution in [-0.2, 0) is 9.53 Å². The van der Waals surface area contributed by atoms with Crippen molar-refractivity contribution in [2.45, 2.75) is 12.8 Å². The van der Waals surface area contributed by atoms with Crippen molar-refractivity contribution in [2.75, 3.05) is 12.8 Å². The Labute approximate surface area is 110 Å². The van der Waals surface area contributed by atoms with Crippen LogP contribution in [0.25, 0.3) is 10.1 Å². The van der Waals surface area contributed by atoms with Gasteiger partial charge in [-0.3, -0.25) is 4.79 Å². The van der Waals surface area contributed by atoms with E-state index < -0.39 is 0 Å². The molecule has 1 aromatic carbocycles. The molecule has 0 unspecified atom stereocenters. The van der Waals surface area contributed by atoms with Crippen LogP contribution >= 0.6 is 23.7 Å². The lowest BCUT2D eigenvalue weighted by Gasteiger charge is -2.07. The van der Waals surface area contributed by atoms with Crippen molar-refractivity contribution >= 4 is 45.5 Å². The van der Waals surface area contributed by atoms with Crippen LogP contribution in [-0.4, -0.2) is 13.1 Å². The van der Waals surface area contributed by atoms with E-state index in [0.717, 1.165) is 15.0 Å². The van der Waals surface area contributed by atoms with Gasteiger partial charge in [0.05, 0.1) is 18.7 Å². The molecule has 17 heavy (non-hydrogen) atoms. The smallest absolute Gasteiger partial charge is 0.313 e. The minimum Gasteiger partial charge on any atom is -0.469 e. The van der Waals surface area contributed by atoms with Gasteiger partial charge in [0.2, 0.25) is 0 Å². The first-order chi connectivity index (χ1) is 7.65. The number of thiophene rings is 1. The van der Waals surface area contributed by atoms with Crippen LogP contribution in [0, 0.1) is 0 Å². The number of halogens is 1. The third-order valence-electron chi connectivity index (χ3n) is 2.61. The fraction of sp³-hybridized carbons (Fsp3) is 0.250. The molecule has 92 valence electrons. The minimum absolute atomic E-state index is 0. The number of methoxy groups -OCH3 is 1. The summed E-state index contributed by atoms with van der Waals surface area (Å²) in [6.07, 6.45) is 0. The summed E-state index contributed by atoms with van der Waals surface area (Å²) in [7, 11) is 1.39. The van der Waals surface area contributed by atoms with Crippen LogP contribution in [0.15, 0.2) is 24.3 Å². The Morgan fingerprint density at radius 3 is 2.65 bits per heavy atom. The summed E-state index contributed by atoms with van der Waals surface area (Å²) in [5.74, 6) is -0.555. The molecule has 0 aliphatic heterocycles. The van der Waals surface area contributed by atoms with Crippen molar-refractivity contribution < 1.29 is 9.53 Å². The Bertz CT molecular complexity index is 538. The number of esters is 1. The molecule has 2 aromatic rings. The Morgan fingerprint density at radius 1 is 1.41 bits per heavy atom. The van der Waals surface area contributed by atoms with Crippen molar-refractivity contribution in [2.24, 2.45) is 0 Å². The molecule has 0 spiro atoms. The van der Waals surface area contributed by atoms with Crippen LogP contribution in [0.2, 0.25) is 0 Å². The van der Waals surface area contributed by atoms with E-state index in [1.807, 2.05) is 31.2 Å². The molecule has 2 N–H and O–H groups in total. The lowest BCUT2D eigenvalue weighted by atomic mass is 10.1. The molecule has 1 heterocycles. The van der Waals surface area contributed by atoms with E-state index in [9.17, 15) is 4.79 Å². The first-order valence-electron chi connectivity index (χ1n) is 5.00. The Morgan fingerprint density at radius 2 is 2.06 bits per heavy atom. The number of hydrogen-bond acceptors (Lipinski definition) is 4. The molecule has 0 fully saturated rings. The van der Waals surface area contributed by atoms with Crippen LogP contribution < -0.4 is 5.73 Å². The summed E-state index contributed by atoms with van der Waals surface area (Å²) in [5.41, 5.74) is 6.73. The Balaban J connectivity index is 0.00000144. The topological polar surface area (TPSA) is 52.3 Å². The van der Waals surface area contributed by atoms with Gasteiger partial charge >= 0.3 is 5.97 Å². The highest BCUT2D eigenvalue weighted by Crippen LogP contribution is 2.38. The number of carbonyl (C=O) groups is 1. The molecular weight excluding hydrogens is 258 g/mol. The zero-order valence-electron chi connectivity index (χ0n) is 9.60. The highest BCUT2D eigenvalue weighted by molar-refractivity contribution is 7.20. The summed E-state index contributed by atoms with van der Waals surface area (Å²) in [6, 6.07) is 7.88. The SMILES string of the molecule is COC(=O)[C@@H](C)c1sc2ccccc2c1N.Cl. The molecule has 3 nitrogen and oxygen atoms in total. The quantitative estimate of drug-likeness (QED) is 0.854. The van der Waals surface area contributed by atoms with Gasteiger partial charge in [-0.15, -0.1) is 23.7 Å². The fourth-order valence-electron chi connectivity index (χ4n) is 1.69. The largest absolute Gasteiger partial charge is 0.469 e. The Kier molecular flexibility index (Phi) is 4.37. The van der Waals surface area contributed by atoms with Gasteiger partial charge in [0.1, 0.15) is 0 Å². The molecule has 1 atom stereocenters. The van der Waals surface area contributed by atoms with Crippen molar-refractivity contribution in [3.63, 3.8) is 0 Å². The maximum atomic E-state index is 11.5. The second kappa shape index (κ2) is 5.38.